The maximum atomic E-state index is 2.32. The van der Waals surface area contributed by atoms with Crippen molar-refractivity contribution in [1.82, 2.24) is 0 Å². The Bertz CT molecular complexity index is 438. The zero-order chi connectivity index (χ0) is 9.38. The van der Waals surface area contributed by atoms with Crippen molar-refractivity contribution in [3.8, 4) is 9.75 Å². The molecule has 0 unspecified atom stereocenters. The summed E-state index contributed by atoms with van der Waals surface area (Å²) in [6, 6.07) is 4.53. The fourth-order valence-electron chi connectivity index (χ4n) is 1.46. The van der Waals surface area contributed by atoms with Crippen molar-refractivity contribution in [2.24, 2.45) is 0 Å². The van der Waals surface area contributed by atoms with Crippen molar-refractivity contribution in [2.45, 2.75) is 0 Å². The van der Waals surface area contributed by atoms with E-state index in [1.807, 2.05) is 22.7 Å². The fourth-order valence-corrected chi connectivity index (χ4v) is 6.28. The van der Waals surface area contributed by atoms with Gasteiger partial charge in [-0.3, -0.25) is 0 Å². The van der Waals surface area contributed by atoms with Crippen LogP contribution in [0, 0.1) is 0 Å². The highest BCUT2D eigenvalue weighted by Crippen LogP contribution is 2.26. The van der Waals surface area contributed by atoms with Gasteiger partial charge < -0.3 is 0 Å². The monoisotopic (exact) mass is 246 g/mol. The molecule has 0 amide bonds. The highest BCUT2D eigenvalue weighted by Gasteiger charge is 2.13. The van der Waals surface area contributed by atoms with Gasteiger partial charge in [-0.15, -0.1) is 34.1 Å². The molecule has 14 heavy (non-hydrogen) atoms. The molecule has 4 heteroatoms. The average Bonchev–Trinajstić information content (AvgIpc) is 2.75. The van der Waals surface area contributed by atoms with Crippen LogP contribution in [0.2, 0.25) is 0 Å². The van der Waals surface area contributed by atoms with E-state index in [-0.39, 0.29) is 0 Å². The molecule has 0 atom stereocenters. The van der Waals surface area contributed by atoms with Gasteiger partial charge in [0.05, 0.1) is 0 Å². The Hall–Kier alpha value is -0.426. The predicted molar refractivity (Wildman–Crippen MR) is 67.5 cm³/mol. The first-order chi connectivity index (χ1) is 6.95. The number of hydrogen-bond donors (Lipinski definition) is 0. The quantitative estimate of drug-likeness (QED) is 0.620. The van der Waals surface area contributed by atoms with Crippen LogP contribution in [0.1, 0.15) is 0 Å². The largest absolute Gasteiger partial charge is 0.143 e. The molecule has 0 saturated carbocycles. The molecule has 0 N–H and O–H groups in total. The Morgan fingerprint density at radius 2 is 1.29 bits per heavy atom. The van der Waals surface area contributed by atoms with Crippen LogP contribution in [0.5, 0.6) is 0 Å². The Balaban J connectivity index is 2.25. The van der Waals surface area contributed by atoms with Gasteiger partial charge in [0.2, 0.25) is 0 Å². The van der Waals surface area contributed by atoms with Crippen molar-refractivity contribution in [3.63, 3.8) is 0 Å². The molecule has 66 valence electrons. The summed E-state index contributed by atoms with van der Waals surface area (Å²) in [5.74, 6) is 0. The molecule has 0 bridgehead atoms. The van der Waals surface area contributed by atoms with Crippen LogP contribution in [0.15, 0.2) is 34.3 Å². The first-order valence-corrected chi connectivity index (χ1v) is 8.20. The molecule has 0 spiro atoms. The van der Waals surface area contributed by atoms with E-state index >= 15 is 0 Å². The normalized spacial score (nSPS) is 16.6. The van der Waals surface area contributed by atoms with Gasteiger partial charge in [0, 0.05) is 9.75 Å². The molecule has 2 aromatic rings. The molecule has 0 fully saturated rings. The zero-order valence-corrected chi connectivity index (χ0v) is 10.9. The van der Waals surface area contributed by atoms with Gasteiger partial charge in [0.25, 0.3) is 0 Å². The summed E-state index contributed by atoms with van der Waals surface area (Å²) in [6.45, 7) is 0. The Morgan fingerprint density at radius 1 is 0.786 bits per heavy atom. The lowest BCUT2D eigenvalue weighted by Gasteiger charge is -2.04. The van der Waals surface area contributed by atoms with Crippen LogP contribution in [-0.4, -0.2) is 19.0 Å². The van der Waals surface area contributed by atoms with Crippen LogP contribution < -0.4 is 10.4 Å². The van der Waals surface area contributed by atoms with Gasteiger partial charge in [-0.1, -0.05) is 12.1 Å². The molecule has 3 heterocycles. The van der Waals surface area contributed by atoms with Gasteiger partial charge in [0.15, 0.2) is 0 Å². The Labute approximate surface area is 96.0 Å². The fraction of sp³-hybridized carbons (Fsp3) is 0. The van der Waals surface area contributed by atoms with Gasteiger partial charge >= 0.3 is 0 Å². The summed E-state index contributed by atoms with van der Waals surface area (Å²) in [4.78, 5) is 3.01. The Kier molecular flexibility index (Phi) is 2.29. The lowest BCUT2D eigenvalue weighted by Crippen LogP contribution is -2.20. The van der Waals surface area contributed by atoms with Crippen molar-refractivity contribution in [3.05, 3.63) is 34.3 Å². The molecule has 0 aromatic carbocycles. The van der Waals surface area contributed by atoms with E-state index in [0.717, 1.165) is 19.0 Å². The van der Waals surface area contributed by atoms with E-state index in [1.165, 1.54) is 20.1 Å². The van der Waals surface area contributed by atoms with E-state index in [4.69, 9.17) is 0 Å². The van der Waals surface area contributed by atoms with Crippen molar-refractivity contribution < 1.29 is 0 Å². The topological polar surface area (TPSA) is 0 Å². The second-order valence-corrected chi connectivity index (χ2v) is 7.10. The summed E-state index contributed by atoms with van der Waals surface area (Å²) < 4.78 is 0. The summed E-state index contributed by atoms with van der Waals surface area (Å²) in [5.41, 5.74) is 4.65. The minimum atomic E-state index is 0.854. The van der Waals surface area contributed by atoms with E-state index in [2.05, 4.69) is 34.3 Å². The molecule has 1 aliphatic rings. The maximum Gasteiger partial charge on any atom is 0.112 e. The molecule has 0 aliphatic carbocycles. The lowest BCUT2D eigenvalue weighted by atomic mass is 10.4. The zero-order valence-electron chi connectivity index (χ0n) is 7.28. The molecule has 0 nitrogen and oxygen atoms in total. The molecular weight excluding hydrogens is 240 g/mol. The van der Waals surface area contributed by atoms with Crippen LogP contribution in [0.3, 0.4) is 0 Å². The summed E-state index contributed by atoms with van der Waals surface area (Å²) >= 11 is 3.77. The third-order valence-corrected chi connectivity index (χ3v) is 6.91. The van der Waals surface area contributed by atoms with E-state index in [9.17, 15) is 0 Å². The molecule has 2 aromatic heterocycles. The standard InChI is InChI=1S/C10H6S2Si2/c1-3-11-9-7(1)13-5-6-14-8-2-4-12-10(8)9/h1-6H/b6-5-. The molecule has 0 saturated heterocycles. The second kappa shape index (κ2) is 3.62. The van der Waals surface area contributed by atoms with Gasteiger partial charge in [-0.2, -0.15) is 0 Å². The summed E-state index contributed by atoms with van der Waals surface area (Å²) in [5, 5.41) is 7.45. The molecule has 1 aliphatic heterocycles. The third-order valence-electron chi connectivity index (χ3n) is 2.10. The van der Waals surface area contributed by atoms with E-state index in [0.29, 0.717) is 0 Å². The average molecular weight is 246 g/mol. The first-order valence-electron chi connectivity index (χ1n) is 4.28. The first kappa shape index (κ1) is 8.85. The predicted octanol–water partition coefficient (Wildman–Crippen LogP) is 1.62. The highest BCUT2D eigenvalue weighted by molar-refractivity contribution is 7.22. The van der Waals surface area contributed by atoms with Crippen LogP contribution >= 0.6 is 22.7 Å². The number of thiophene rings is 2. The minimum absolute atomic E-state index is 0.854. The number of rotatable bonds is 0. The van der Waals surface area contributed by atoms with Crippen molar-refractivity contribution >= 4 is 52.1 Å². The maximum absolute atomic E-state index is 2.32. The van der Waals surface area contributed by atoms with Crippen molar-refractivity contribution in [1.29, 1.82) is 0 Å². The van der Waals surface area contributed by atoms with E-state index < -0.39 is 0 Å². The van der Waals surface area contributed by atoms with Crippen molar-refractivity contribution in [2.75, 3.05) is 0 Å². The highest BCUT2D eigenvalue weighted by atomic mass is 32.1. The van der Waals surface area contributed by atoms with E-state index in [1.54, 1.807) is 0 Å². The molecule has 3 rings (SSSR count). The van der Waals surface area contributed by atoms with Crippen LogP contribution in [0.4, 0.5) is 0 Å². The number of hydrogen-bond acceptors (Lipinski definition) is 2. The van der Waals surface area contributed by atoms with Crippen LogP contribution in [-0.2, 0) is 0 Å². The van der Waals surface area contributed by atoms with Crippen LogP contribution in [0.25, 0.3) is 9.75 Å². The second-order valence-electron chi connectivity index (χ2n) is 2.95. The van der Waals surface area contributed by atoms with Gasteiger partial charge in [-0.25, -0.2) is 0 Å². The lowest BCUT2D eigenvalue weighted by molar-refractivity contribution is 2.03. The third kappa shape index (κ3) is 1.38. The SMILES string of the molecule is C1=C\[Si]c2ccsc2-c2sccc2[Si]/1. The molecular formula is C10H6S2Si2. The smallest absolute Gasteiger partial charge is 0.112 e. The summed E-state index contributed by atoms with van der Waals surface area (Å²) in [7, 11) is 1.71. The minimum Gasteiger partial charge on any atom is -0.143 e. The number of fused-ring (bicyclic) bond motifs is 3. The van der Waals surface area contributed by atoms with Gasteiger partial charge in [0.1, 0.15) is 19.0 Å². The Morgan fingerprint density at radius 3 is 1.79 bits per heavy atom. The van der Waals surface area contributed by atoms with Gasteiger partial charge in [-0.05, 0) is 21.1 Å². The molecule has 4 radical (unpaired) electrons. The summed E-state index contributed by atoms with van der Waals surface area (Å²) in [6.07, 6.45) is 0.